The van der Waals surface area contributed by atoms with E-state index in [4.69, 9.17) is 4.74 Å². The summed E-state index contributed by atoms with van der Waals surface area (Å²) < 4.78 is 4.94. The molecular formula is C14H18N2O3. The van der Waals surface area contributed by atoms with Crippen molar-refractivity contribution in [2.45, 2.75) is 27.2 Å². The van der Waals surface area contributed by atoms with Crippen LogP contribution < -0.4 is 5.01 Å². The molecule has 0 spiro atoms. The smallest absolute Gasteiger partial charge is 0.429 e. The molecule has 1 aromatic rings. The minimum absolute atomic E-state index is 0.115. The first-order valence-corrected chi connectivity index (χ1v) is 6.39. The Morgan fingerprint density at radius 2 is 2.00 bits per heavy atom. The molecule has 2 amide bonds. The van der Waals surface area contributed by atoms with E-state index in [-0.39, 0.29) is 5.91 Å². The molecule has 1 saturated heterocycles. The molecule has 0 aromatic heterocycles. The summed E-state index contributed by atoms with van der Waals surface area (Å²) >= 11 is 0. The predicted molar refractivity (Wildman–Crippen MR) is 71.7 cm³/mol. The van der Waals surface area contributed by atoms with Crippen molar-refractivity contribution in [1.82, 2.24) is 5.01 Å². The van der Waals surface area contributed by atoms with Crippen LogP contribution in [0, 0.1) is 13.8 Å². The third-order valence-electron chi connectivity index (χ3n) is 3.17. The second kappa shape index (κ2) is 5.30. The minimum Gasteiger partial charge on any atom is -0.446 e. The van der Waals surface area contributed by atoms with Gasteiger partial charge in [0.15, 0.2) is 0 Å². The molecule has 19 heavy (non-hydrogen) atoms. The Hall–Kier alpha value is -2.04. The summed E-state index contributed by atoms with van der Waals surface area (Å²) in [4.78, 5) is 24.0. The van der Waals surface area contributed by atoms with Crippen LogP contribution in [-0.2, 0) is 9.53 Å². The largest absolute Gasteiger partial charge is 0.446 e. The molecule has 0 saturated carbocycles. The molecule has 2 rings (SSSR count). The maximum absolute atomic E-state index is 12.2. The standard InChI is InChI=1S/C14H18N2O3/c1-4-12(17)16(15-8-9-19-14(15)18)13-10(2)6-5-7-11(13)3/h5-7H,4,8-9H2,1-3H3. The van der Waals surface area contributed by atoms with Crippen LogP contribution in [0.5, 0.6) is 0 Å². The van der Waals surface area contributed by atoms with E-state index in [1.165, 1.54) is 10.0 Å². The summed E-state index contributed by atoms with van der Waals surface area (Å²) in [5.41, 5.74) is 2.69. The molecule has 0 radical (unpaired) electrons. The number of amides is 2. The number of anilines is 1. The van der Waals surface area contributed by atoms with Gasteiger partial charge in [-0.3, -0.25) is 4.79 Å². The van der Waals surface area contributed by atoms with Gasteiger partial charge in [0.1, 0.15) is 6.61 Å². The number of rotatable bonds is 3. The van der Waals surface area contributed by atoms with Gasteiger partial charge >= 0.3 is 6.09 Å². The van der Waals surface area contributed by atoms with Crippen LogP contribution in [0.25, 0.3) is 0 Å². The van der Waals surface area contributed by atoms with E-state index in [1.54, 1.807) is 6.92 Å². The molecule has 1 aromatic carbocycles. The van der Waals surface area contributed by atoms with E-state index in [0.29, 0.717) is 19.6 Å². The van der Waals surface area contributed by atoms with Crippen molar-refractivity contribution in [3.05, 3.63) is 29.3 Å². The highest BCUT2D eigenvalue weighted by Gasteiger charge is 2.33. The van der Waals surface area contributed by atoms with Gasteiger partial charge < -0.3 is 4.74 Å². The first kappa shape index (κ1) is 13.4. The number of aryl methyl sites for hydroxylation is 2. The van der Waals surface area contributed by atoms with Gasteiger partial charge in [0, 0.05) is 6.42 Å². The van der Waals surface area contributed by atoms with Crippen molar-refractivity contribution in [3.8, 4) is 0 Å². The molecule has 1 aliphatic heterocycles. The Morgan fingerprint density at radius 1 is 1.37 bits per heavy atom. The number of hydrogen-bond acceptors (Lipinski definition) is 3. The molecule has 1 aliphatic rings. The summed E-state index contributed by atoms with van der Waals surface area (Å²) in [6, 6.07) is 5.80. The highest BCUT2D eigenvalue weighted by atomic mass is 16.6. The van der Waals surface area contributed by atoms with Gasteiger partial charge in [-0.2, -0.15) is 0 Å². The molecular weight excluding hydrogens is 244 g/mol. The molecule has 0 unspecified atom stereocenters. The normalized spacial score (nSPS) is 14.5. The van der Waals surface area contributed by atoms with Crippen LogP contribution in [0.15, 0.2) is 18.2 Å². The number of benzene rings is 1. The Morgan fingerprint density at radius 3 is 2.47 bits per heavy atom. The molecule has 102 valence electrons. The Balaban J connectivity index is 2.49. The third-order valence-corrected chi connectivity index (χ3v) is 3.17. The van der Waals surface area contributed by atoms with Gasteiger partial charge in [-0.15, -0.1) is 0 Å². The van der Waals surface area contributed by atoms with Gasteiger partial charge in [0.05, 0.1) is 12.2 Å². The lowest BCUT2D eigenvalue weighted by Gasteiger charge is -2.31. The molecule has 1 fully saturated rings. The Bertz CT molecular complexity index is 493. The minimum atomic E-state index is -0.468. The van der Waals surface area contributed by atoms with Crippen LogP contribution in [0.2, 0.25) is 0 Å². The first-order valence-electron chi connectivity index (χ1n) is 6.39. The van der Waals surface area contributed by atoms with E-state index in [9.17, 15) is 9.59 Å². The molecule has 5 nitrogen and oxygen atoms in total. The van der Waals surface area contributed by atoms with E-state index in [2.05, 4.69) is 0 Å². The third kappa shape index (κ3) is 2.41. The summed E-state index contributed by atoms with van der Waals surface area (Å²) in [6.07, 6.45) is -0.137. The number of carbonyl (C=O) groups excluding carboxylic acids is 2. The quantitative estimate of drug-likeness (QED) is 0.840. The van der Waals surface area contributed by atoms with Gasteiger partial charge in [0.2, 0.25) is 5.91 Å². The van der Waals surface area contributed by atoms with Crippen LogP contribution in [-0.4, -0.2) is 30.2 Å². The fraction of sp³-hybridized carbons (Fsp3) is 0.429. The second-order valence-electron chi connectivity index (χ2n) is 4.54. The van der Waals surface area contributed by atoms with Gasteiger partial charge in [-0.05, 0) is 25.0 Å². The average molecular weight is 262 g/mol. The molecule has 0 N–H and O–H groups in total. The highest BCUT2D eigenvalue weighted by molar-refractivity contribution is 5.96. The number of hydrazine groups is 1. The SMILES string of the molecule is CCC(=O)N(c1c(C)cccc1C)N1CCOC1=O. The lowest BCUT2D eigenvalue weighted by Crippen LogP contribution is -2.47. The van der Waals surface area contributed by atoms with Crippen molar-refractivity contribution >= 4 is 17.7 Å². The van der Waals surface area contributed by atoms with Crippen molar-refractivity contribution in [1.29, 1.82) is 0 Å². The number of cyclic esters (lactones) is 1. The highest BCUT2D eigenvalue weighted by Crippen LogP contribution is 2.28. The van der Waals surface area contributed by atoms with E-state index in [0.717, 1.165) is 16.8 Å². The first-order chi connectivity index (χ1) is 9.06. The molecule has 0 bridgehead atoms. The van der Waals surface area contributed by atoms with Gasteiger partial charge in [-0.25, -0.2) is 14.8 Å². The molecule has 1 heterocycles. The lowest BCUT2D eigenvalue weighted by atomic mass is 10.1. The zero-order valence-corrected chi connectivity index (χ0v) is 11.5. The van der Waals surface area contributed by atoms with Crippen LogP contribution in [0.1, 0.15) is 24.5 Å². The average Bonchev–Trinajstić information content (AvgIpc) is 2.79. The summed E-state index contributed by atoms with van der Waals surface area (Å²) in [5.74, 6) is -0.115. The summed E-state index contributed by atoms with van der Waals surface area (Å²) in [5, 5.41) is 2.83. The van der Waals surface area contributed by atoms with E-state index >= 15 is 0 Å². The van der Waals surface area contributed by atoms with Crippen LogP contribution in [0.3, 0.4) is 0 Å². The van der Waals surface area contributed by atoms with Crippen molar-refractivity contribution in [3.63, 3.8) is 0 Å². The topological polar surface area (TPSA) is 49.9 Å². The fourth-order valence-electron chi connectivity index (χ4n) is 2.24. The van der Waals surface area contributed by atoms with Crippen molar-refractivity contribution < 1.29 is 14.3 Å². The molecule has 0 atom stereocenters. The maximum atomic E-state index is 12.2. The van der Waals surface area contributed by atoms with Crippen molar-refractivity contribution in [2.75, 3.05) is 18.2 Å². The number of hydrogen-bond donors (Lipinski definition) is 0. The zero-order valence-electron chi connectivity index (χ0n) is 11.5. The number of nitrogens with zero attached hydrogens (tertiary/aromatic N) is 2. The monoisotopic (exact) mass is 262 g/mol. The summed E-state index contributed by atoms with van der Waals surface area (Å²) in [6.45, 7) is 6.36. The fourth-order valence-corrected chi connectivity index (χ4v) is 2.24. The number of ether oxygens (including phenoxy) is 1. The Labute approximate surface area is 112 Å². The van der Waals surface area contributed by atoms with Gasteiger partial charge in [0.25, 0.3) is 0 Å². The molecule has 0 aliphatic carbocycles. The number of carbonyl (C=O) groups is 2. The second-order valence-corrected chi connectivity index (χ2v) is 4.54. The van der Waals surface area contributed by atoms with E-state index < -0.39 is 6.09 Å². The zero-order chi connectivity index (χ0) is 14.0. The lowest BCUT2D eigenvalue weighted by molar-refractivity contribution is -0.120. The van der Waals surface area contributed by atoms with Crippen LogP contribution in [0.4, 0.5) is 10.5 Å². The number of para-hydroxylation sites is 1. The van der Waals surface area contributed by atoms with Crippen molar-refractivity contribution in [2.24, 2.45) is 0 Å². The maximum Gasteiger partial charge on any atom is 0.429 e. The van der Waals surface area contributed by atoms with E-state index in [1.807, 2.05) is 32.0 Å². The van der Waals surface area contributed by atoms with Crippen LogP contribution >= 0.6 is 0 Å². The molecule has 5 heteroatoms. The summed E-state index contributed by atoms with van der Waals surface area (Å²) in [7, 11) is 0. The Kier molecular flexibility index (Phi) is 3.74. The van der Waals surface area contributed by atoms with Gasteiger partial charge in [-0.1, -0.05) is 25.1 Å². The predicted octanol–water partition coefficient (Wildman–Crippen LogP) is 2.41.